The Labute approximate surface area is 240 Å². The molecule has 0 aliphatic carbocycles. The summed E-state index contributed by atoms with van der Waals surface area (Å²) in [6.45, 7) is 6.32. The minimum atomic E-state index is -5.86. The largest absolute Gasteiger partial charge is 0.485 e. The van der Waals surface area contributed by atoms with Crippen LogP contribution in [0.25, 0.3) is 0 Å². The third kappa shape index (κ3) is 6.60. The molecule has 42 heavy (non-hydrogen) atoms. The predicted octanol–water partition coefficient (Wildman–Crippen LogP) is 7.45. The van der Waals surface area contributed by atoms with E-state index in [4.69, 9.17) is 9.47 Å². The first-order chi connectivity index (χ1) is 19.6. The number of cyclic esters (lactones) is 1. The molecule has 2 aromatic carbocycles. The number of carbonyl (C=O) groups is 1. The van der Waals surface area contributed by atoms with E-state index >= 15 is 0 Å². The first kappa shape index (κ1) is 33.0. The minimum absolute atomic E-state index is 0.000550. The first-order valence-electron chi connectivity index (χ1n) is 13.2. The Bertz CT molecular complexity index is 1360. The normalized spacial score (nSPS) is 14.3. The number of rotatable bonds is 10. The lowest BCUT2D eigenvalue weighted by Gasteiger charge is -2.34. The van der Waals surface area contributed by atoms with Gasteiger partial charge in [0.2, 0.25) is 0 Å². The van der Waals surface area contributed by atoms with Crippen molar-refractivity contribution in [3.8, 4) is 17.6 Å². The van der Waals surface area contributed by atoms with E-state index < -0.39 is 30.2 Å². The summed E-state index contributed by atoms with van der Waals surface area (Å²) in [5.74, 6) is 4.12. The van der Waals surface area contributed by atoms with Gasteiger partial charge in [0.15, 0.2) is 0 Å². The van der Waals surface area contributed by atoms with Crippen molar-refractivity contribution in [3.63, 3.8) is 0 Å². The van der Waals surface area contributed by atoms with Crippen molar-refractivity contribution in [2.45, 2.75) is 70.3 Å². The van der Waals surface area contributed by atoms with Crippen molar-refractivity contribution < 1.29 is 50.1 Å². The Morgan fingerprint density at radius 1 is 0.905 bits per heavy atom. The number of hydrogen-bond donors (Lipinski definition) is 0. The third-order valence-corrected chi connectivity index (χ3v) is 7.39. The van der Waals surface area contributed by atoms with E-state index in [1.54, 1.807) is 25.1 Å². The van der Waals surface area contributed by atoms with Crippen molar-refractivity contribution in [1.29, 1.82) is 0 Å². The average Bonchev–Trinajstić information content (AvgIpc) is 3.33. The molecular weight excluding hydrogens is 566 g/mol. The molecule has 0 N–H and O–H groups in total. The van der Waals surface area contributed by atoms with Crippen LogP contribution in [0.2, 0.25) is 0 Å². The molecule has 0 unspecified atom stereocenters. The van der Waals surface area contributed by atoms with E-state index in [2.05, 4.69) is 15.4 Å². The lowest BCUT2D eigenvalue weighted by molar-refractivity contribution is -0.368. The number of benzene rings is 2. The van der Waals surface area contributed by atoms with Gasteiger partial charge in [-0.1, -0.05) is 44.0 Å². The molecule has 0 saturated carbocycles. The van der Waals surface area contributed by atoms with Crippen LogP contribution in [0.3, 0.4) is 0 Å². The van der Waals surface area contributed by atoms with Gasteiger partial charge in [-0.25, -0.2) is 0 Å². The number of hydrogen-bond acceptors (Lipinski definition) is 5. The van der Waals surface area contributed by atoms with E-state index in [1.165, 1.54) is 12.0 Å². The van der Waals surface area contributed by atoms with Crippen LogP contribution in [-0.4, -0.2) is 44.4 Å². The zero-order valence-corrected chi connectivity index (χ0v) is 23.9. The van der Waals surface area contributed by atoms with Crippen molar-refractivity contribution in [1.82, 2.24) is 0 Å². The van der Waals surface area contributed by atoms with Crippen LogP contribution < -0.4 is 4.74 Å². The molecule has 0 spiro atoms. The summed E-state index contributed by atoms with van der Waals surface area (Å²) in [5, 5.41) is 0. The van der Waals surface area contributed by atoms with E-state index in [1.807, 2.05) is 39.0 Å². The molecule has 0 saturated heterocycles. The second-order valence-electron chi connectivity index (χ2n) is 9.91. The number of esters is 1. The van der Waals surface area contributed by atoms with E-state index in [9.17, 15) is 31.1 Å². The highest BCUT2D eigenvalue weighted by molar-refractivity contribution is 5.75. The van der Waals surface area contributed by atoms with Gasteiger partial charge >= 0.3 is 23.9 Å². The molecule has 0 radical (unpaired) electrons. The molecular formula is C31H32F6O5. The predicted molar refractivity (Wildman–Crippen MR) is 143 cm³/mol. The van der Waals surface area contributed by atoms with Crippen molar-refractivity contribution in [2.24, 2.45) is 0 Å². The Morgan fingerprint density at radius 2 is 1.50 bits per heavy atom. The highest BCUT2D eigenvalue weighted by atomic mass is 19.4. The molecule has 0 aromatic heterocycles. The fourth-order valence-corrected chi connectivity index (χ4v) is 4.91. The molecule has 228 valence electrons. The average molecular weight is 599 g/mol. The summed E-state index contributed by atoms with van der Waals surface area (Å²) in [6.07, 6.45) is -8.53. The van der Waals surface area contributed by atoms with Crippen LogP contribution in [0.1, 0.15) is 60.9 Å². The Morgan fingerprint density at radius 3 is 1.98 bits per heavy atom. The minimum Gasteiger partial charge on any atom is -0.485 e. The van der Waals surface area contributed by atoms with Gasteiger partial charge in [-0.3, -0.25) is 4.79 Å². The standard InChI is InChI=1S/C31H32F6O5/c1-6-28(7-2,24-10-12-26(21(4)17-24)40-18-25-11-13-27(38)42-25)23-9-8-22(20(3)16-23)14-15-29(30(32,33)34,31(35,36)37)41-19-39-5/h8-12,16-17H,6-7,13,18-19H2,1-5H3. The highest BCUT2D eigenvalue weighted by Gasteiger charge is 2.72. The second kappa shape index (κ2) is 12.8. The van der Waals surface area contributed by atoms with Gasteiger partial charge in [0.25, 0.3) is 0 Å². The molecule has 5 nitrogen and oxygen atoms in total. The van der Waals surface area contributed by atoms with Gasteiger partial charge < -0.3 is 18.9 Å². The van der Waals surface area contributed by atoms with Crippen LogP contribution in [0.15, 0.2) is 48.2 Å². The number of ether oxygens (including phenoxy) is 4. The number of methoxy groups -OCH3 is 1. The quantitative estimate of drug-likeness (QED) is 0.123. The third-order valence-electron chi connectivity index (χ3n) is 7.39. The number of halogens is 6. The van der Waals surface area contributed by atoms with Crippen LogP contribution in [-0.2, 0) is 24.4 Å². The number of alkyl halides is 6. The second-order valence-corrected chi connectivity index (χ2v) is 9.91. The monoisotopic (exact) mass is 598 g/mol. The number of carbonyl (C=O) groups excluding carboxylic acids is 1. The Kier molecular flexibility index (Phi) is 10.1. The molecule has 1 aliphatic rings. The molecule has 2 aromatic rings. The lowest BCUT2D eigenvalue weighted by Crippen LogP contribution is -2.58. The summed E-state index contributed by atoms with van der Waals surface area (Å²) in [6, 6.07) is 10.5. The lowest BCUT2D eigenvalue weighted by atomic mass is 9.70. The van der Waals surface area contributed by atoms with Gasteiger partial charge in [-0.2, -0.15) is 26.3 Å². The van der Waals surface area contributed by atoms with Gasteiger partial charge in [0, 0.05) is 18.1 Å². The Balaban J connectivity index is 1.97. The Hall–Kier alpha value is -3.49. The van der Waals surface area contributed by atoms with E-state index in [0.717, 1.165) is 23.8 Å². The maximum absolute atomic E-state index is 13.7. The topological polar surface area (TPSA) is 54.0 Å². The zero-order valence-electron chi connectivity index (χ0n) is 23.9. The van der Waals surface area contributed by atoms with Gasteiger partial charge in [0.05, 0.1) is 6.42 Å². The number of aryl methyl sites for hydroxylation is 2. The van der Waals surface area contributed by atoms with Gasteiger partial charge in [-0.15, -0.1) is 0 Å². The van der Waals surface area contributed by atoms with Crippen LogP contribution in [0, 0.1) is 25.7 Å². The zero-order chi connectivity index (χ0) is 31.3. The molecule has 0 bridgehead atoms. The summed E-state index contributed by atoms with van der Waals surface area (Å²) in [4.78, 5) is 11.3. The molecule has 3 rings (SSSR count). The van der Waals surface area contributed by atoms with Crippen molar-refractivity contribution >= 4 is 5.97 Å². The summed E-state index contributed by atoms with van der Waals surface area (Å²) in [5.41, 5.74) is -2.17. The van der Waals surface area contributed by atoms with Crippen LogP contribution in [0.4, 0.5) is 26.3 Å². The maximum Gasteiger partial charge on any atom is 0.438 e. The molecule has 1 heterocycles. The van der Waals surface area contributed by atoms with Crippen molar-refractivity contribution in [3.05, 3.63) is 76.1 Å². The van der Waals surface area contributed by atoms with Crippen LogP contribution >= 0.6 is 0 Å². The maximum atomic E-state index is 13.7. The first-order valence-corrected chi connectivity index (χ1v) is 13.2. The molecule has 11 heteroatoms. The smallest absolute Gasteiger partial charge is 0.438 e. The van der Waals surface area contributed by atoms with Gasteiger partial charge in [-0.05, 0) is 73.1 Å². The fourth-order valence-electron chi connectivity index (χ4n) is 4.91. The van der Waals surface area contributed by atoms with Crippen LogP contribution in [0.5, 0.6) is 5.75 Å². The molecule has 0 atom stereocenters. The van der Waals surface area contributed by atoms with E-state index in [0.29, 0.717) is 29.9 Å². The fraction of sp³-hybridized carbons (Fsp3) is 0.452. The summed E-state index contributed by atoms with van der Waals surface area (Å²) in [7, 11) is 0.913. The van der Waals surface area contributed by atoms with Crippen molar-refractivity contribution in [2.75, 3.05) is 20.5 Å². The highest BCUT2D eigenvalue weighted by Crippen LogP contribution is 2.46. The van der Waals surface area contributed by atoms with Gasteiger partial charge in [0.1, 0.15) is 24.9 Å². The summed E-state index contributed by atoms with van der Waals surface area (Å²) < 4.78 is 101. The molecule has 1 aliphatic heterocycles. The SMILES string of the molecule is CCC(CC)(c1ccc(C#CC(OCOC)(C(F)(F)F)C(F)(F)F)c(C)c1)c1ccc(OCC2=CCC(=O)O2)c(C)c1. The molecule has 0 amide bonds. The summed E-state index contributed by atoms with van der Waals surface area (Å²) >= 11 is 0. The molecule has 0 fully saturated rings. The van der Waals surface area contributed by atoms with E-state index in [-0.39, 0.29) is 24.6 Å².